The Morgan fingerprint density at radius 3 is 2.46 bits per heavy atom. The van der Waals surface area contributed by atoms with Crippen molar-refractivity contribution in [1.29, 1.82) is 0 Å². The van der Waals surface area contributed by atoms with Crippen LogP contribution in [0.2, 0.25) is 0 Å². The minimum atomic E-state index is -0.323. The van der Waals surface area contributed by atoms with Gasteiger partial charge in [-0.2, -0.15) is 0 Å². The van der Waals surface area contributed by atoms with Crippen LogP contribution in [0.4, 0.5) is 0 Å². The van der Waals surface area contributed by atoms with Gasteiger partial charge >= 0.3 is 5.63 Å². The summed E-state index contributed by atoms with van der Waals surface area (Å²) in [6.45, 7) is 10.9. The largest absolute Gasteiger partial charge is 0.422 e. The molecule has 0 radical (unpaired) electrons. The molecule has 1 aromatic heterocycles. The van der Waals surface area contributed by atoms with Crippen LogP contribution in [0.3, 0.4) is 0 Å². The number of benzene rings is 2. The summed E-state index contributed by atoms with van der Waals surface area (Å²) in [5, 5.41) is 0.919. The lowest BCUT2D eigenvalue weighted by atomic mass is 9.65. The predicted octanol–water partition coefficient (Wildman–Crippen LogP) is 5.01. The Morgan fingerprint density at radius 2 is 1.69 bits per heavy atom. The van der Waals surface area contributed by atoms with Crippen molar-refractivity contribution in [3.05, 3.63) is 81.2 Å². The highest BCUT2D eigenvalue weighted by Crippen LogP contribution is 2.44. The summed E-state index contributed by atoms with van der Waals surface area (Å²) in [5.41, 5.74) is 5.51. The van der Waals surface area contributed by atoms with Gasteiger partial charge in [0.05, 0.1) is 11.3 Å². The quantitative estimate of drug-likeness (QED) is 0.582. The van der Waals surface area contributed by atoms with Gasteiger partial charge in [-0.1, -0.05) is 38.1 Å². The molecule has 4 rings (SSSR count). The molecule has 2 aromatic carbocycles. The van der Waals surface area contributed by atoms with E-state index in [9.17, 15) is 4.79 Å². The van der Waals surface area contributed by atoms with Crippen LogP contribution >= 0.6 is 0 Å². The molecular formula is C23H23NO2. The maximum Gasteiger partial charge on any atom is 0.336 e. The Hall–Kier alpha value is -2.68. The molecule has 132 valence electrons. The Balaban J connectivity index is 2.01. The highest BCUT2D eigenvalue weighted by molar-refractivity contribution is 6.16. The molecule has 0 bridgehead atoms. The standard InChI is InChI=1S/C23H23NO2/c1-14-12-16(13-15-10-11-19(25)26-21(14)15)20-17-8-6-7-9-18(17)22(2,3)23(4,5)24-20/h6-13H,1-5H3. The van der Waals surface area contributed by atoms with Gasteiger partial charge in [-0.05, 0) is 50.1 Å². The van der Waals surface area contributed by atoms with Crippen molar-refractivity contribution in [3.63, 3.8) is 0 Å². The van der Waals surface area contributed by atoms with Crippen LogP contribution in [-0.2, 0) is 5.41 Å². The van der Waals surface area contributed by atoms with Gasteiger partial charge in [0.25, 0.3) is 0 Å². The van der Waals surface area contributed by atoms with E-state index in [2.05, 4.69) is 64.1 Å². The van der Waals surface area contributed by atoms with Crippen LogP contribution in [0.1, 0.15) is 49.9 Å². The van der Waals surface area contributed by atoms with E-state index in [4.69, 9.17) is 9.41 Å². The molecule has 0 fully saturated rings. The van der Waals surface area contributed by atoms with E-state index >= 15 is 0 Å². The maximum atomic E-state index is 11.6. The number of nitrogens with zero attached hydrogens (tertiary/aromatic N) is 1. The van der Waals surface area contributed by atoms with Crippen LogP contribution in [0.15, 0.2) is 62.7 Å². The monoisotopic (exact) mass is 345 g/mol. The molecule has 3 aromatic rings. The fourth-order valence-electron chi connectivity index (χ4n) is 3.76. The fourth-order valence-corrected chi connectivity index (χ4v) is 3.76. The molecule has 0 aliphatic carbocycles. The Morgan fingerprint density at radius 1 is 0.962 bits per heavy atom. The van der Waals surface area contributed by atoms with E-state index < -0.39 is 0 Å². The summed E-state index contributed by atoms with van der Waals surface area (Å²) in [6.07, 6.45) is 0. The second-order valence-electron chi connectivity index (χ2n) is 8.16. The van der Waals surface area contributed by atoms with Crippen molar-refractivity contribution in [1.82, 2.24) is 0 Å². The Labute approximate surface area is 153 Å². The minimum Gasteiger partial charge on any atom is -0.422 e. The molecule has 0 saturated carbocycles. The maximum absolute atomic E-state index is 11.6. The normalized spacial score (nSPS) is 17.7. The van der Waals surface area contributed by atoms with Crippen molar-refractivity contribution in [3.8, 4) is 0 Å². The first-order chi connectivity index (χ1) is 12.2. The van der Waals surface area contributed by atoms with Crippen LogP contribution in [0, 0.1) is 6.92 Å². The SMILES string of the molecule is Cc1cc(C2=NC(C)(C)C(C)(C)c3ccccc32)cc2ccc(=O)oc12. The topological polar surface area (TPSA) is 42.6 Å². The summed E-state index contributed by atoms with van der Waals surface area (Å²) >= 11 is 0. The lowest BCUT2D eigenvalue weighted by Gasteiger charge is -2.44. The van der Waals surface area contributed by atoms with Gasteiger partial charge in [0, 0.05) is 28.0 Å². The van der Waals surface area contributed by atoms with Crippen LogP contribution in [0.25, 0.3) is 11.0 Å². The molecule has 1 aliphatic rings. The van der Waals surface area contributed by atoms with Crippen molar-refractivity contribution >= 4 is 16.7 Å². The van der Waals surface area contributed by atoms with Crippen molar-refractivity contribution in [2.24, 2.45) is 4.99 Å². The van der Waals surface area contributed by atoms with E-state index in [1.807, 2.05) is 13.0 Å². The second-order valence-corrected chi connectivity index (χ2v) is 8.16. The predicted molar refractivity (Wildman–Crippen MR) is 106 cm³/mol. The van der Waals surface area contributed by atoms with Crippen molar-refractivity contribution in [2.75, 3.05) is 0 Å². The van der Waals surface area contributed by atoms with Crippen molar-refractivity contribution in [2.45, 2.75) is 45.6 Å². The first-order valence-corrected chi connectivity index (χ1v) is 8.95. The van der Waals surface area contributed by atoms with Crippen LogP contribution < -0.4 is 5.63 Å². The summed E-state index contributed by atoms with van der Waals surface area (Å²) in [7, 11) is 0. The summed E-state index contributed by atoms with van der Waals surface area (Å²) in [4.78, 5) is 16.7. The highest BCUT2D eigenvalue weighted by atomic mass is 16.4. The smallest absolute Gasteiger partial charge is 0.336 e. The first-order valence-electron chi connectivity index (χ1n) is 8.95. The average Bonchev–Trinajstić information content (AvgIpc) is 2.59. The first kappa shape index (κ1) is 16.8. The van der Waals surface area contributed by atoms with E-state index in [1.165, 1.54) is 17.2 Å². The number of hydrogen-bond acceptors (Lipinski definition) is 3. The molecule has 0 spiro atoms. The van der Waals surface area contributed by atoms with Gasteiger partial charge in [-0.15, -0.1) is 0 Å². The van der Waals surface area contributed by atoms with Gasteiger partial charge in [-0.25, -0.2) is 4.79 Å². The van der Waals surface area contributed by atoms with Crippen LogP contribution in [0.5, 0.6) is 0 Å². The molecule has 2 heterocycles. The third-order valence-electron chi connectivity index (χ3n) is 5.95. The molecule has 0 atom stereocenters. The van der Waals surface area contributed by atoms with Crippen LogP contribution in [-0.4, -0.2) is 11.3 Å². The number of fused-ring (bicyclic) bond motifs is 2. The molecule has 0 N–H and O–H groups in total. The molecule has 3 nitrogen and oxygen atoms in total. The third kappa shape index (κ3) is 2.34. The summed E-state index contributed by atoms with van der Waals surface area (Å²) in [5.74, 6) is 0. The zero-order valence-electron chi connectivity index (χ0n) is 15.9. The Bertz CT molecular complexity index is 1120. The second kappa shape index (κ2) is 5.41. The third-order valence-corrected chi connectivity index (χ3v) is 5.95. The van der Waals surface area contributed by atoms with E-state index in [1.54, 1.807) is 0 Å². The minimum absolute atomic E-state index is 0.0637. The zero-order chi connectivity index (χ0) is 18.7. The fraction of sp³-hybridized carbons (Fsp3) is 0.304. The van der Waals surface area contributed by atoms with Gasteiger partial charge in [0.1, 0.15) is 5.58 Å². The lowest BCUT2D eigenvalue weighted by Crippen LogP contribution is -2.46. The zero-order valence-corrected chi connectivity index (χ0v) is 15.9. The number of aliphatic imine (C=N–C) groups is 1. The molecule has 0 saturated heterocycles. The van der Waals surface area contributed by atoms with E-state index in [-0.39, 0.29) is 16.6 Å². The number of rotatable bonds is 1. The van der Waals surface area contributed by atoms with Gasteiger partial charge in [0.15, 0.2) is 0 Å². The summed E-state index contributed by atoms with van der Waals surface area (Å²) < 4.78 is 5.38. The Kier molecular flexibility index (Phi) is 3.49. The average molecular weight is 345 g/mol. The molecular weight excluding hydrogens is 322 g/mol. The number of hydrogen-bond donors (Lipinski definition) is 0. The molecule has 26 heavy (non-hydrogen) atoms. The molecule has 1 aliphatic heterocycles. The molecule has 0 amide bonds. The number of aryl methyl sites for hydroxylation is 1. The summed E-state index contributed by atoms with van der Waals surface area (Å²) in [6, 6.07) is 15.9. The van der Waals surface area contributed by atoms with Crippen molar-refractivity contribution < 1.29 is 4.42 Å². The molecule has 0 unspecified atom stereocenters. The molecule has 3 heteroatoms. The highest BCUT2D eigenvalue weighted by Gasteiger charge is 2.43. The van der Waals surface area contributed by atoms with Gasteiger partial charge in [-0.3, -0.25) is 4.99 Å². The van der Waals surface area contributed by atoms with Gasteiger partial charge in [0.2, 0.25) is 0 Å². The van der Waals surface area contributed by atoms with Gasteiger partial charge < -0.3 is 4.42 Å². The van der Waals surface area contributed by atoms with E-state index in [0.29, 0.717) is 5.58 Å². The van der Waals surface area contributed by atoms with E-state index in [0.717, 1.165) is 22.2 Å². The lowest BCUT2D eigenvalue weighted by molar-refractivity contribution is 0.303.